The summed E-state index contributed by atoms with van der Waals surface area (Å²) in [6.07, 6.45) is 1.58. The minimum atomic E-state index is -0.464. The van der Waals surface area contributed by atoms with Gasteiger partial charge in [-0.2, -0.15) is 0 Å². The van der Waals surface area contributed by atoms with Gasteiger partial charge in [-0.1, -0.05) is 13.0 Å². The van der Waals surface area contributed by atoms with Gasteiger partial charge in [0.25, 0.3) is 5.91 Å². The molecule has 1 aromatic carbocycles. The number of amides is 2. The smallest absolute Gasteiger partial charge is 0.310 e. The highest BCUT2D eigenvalue weighted by Gasteiger charge is 2.15. The Labute approximate surface area is 168 Å². The molecule has 3 N–H and O–H groups in total. The second kappa shape index (κ2) is 10.6. The van der Waals surface area contributed by atoms with E-state index in [0.29, 0.717) is 22.8 Å². The number of nitrogens with zero attached hydrogens (tertiary/aromatic N) is 1. The van der Waals surface area contributed by atoms with Gasteiger partial charge < -0.3 is 25.4 Å². The molecule has 2 amide bonds. The van der Waals surface area contributed by atoms with E-state index in [2.05, 4.69) is 25.7 Å². The zero-order valence-electron chi connectivity index (χ0n) is 16.5. The zero-order valence-corrected chi connectivity index (χ0v) is 16.5. The molecular formula is C20H24N4O5. The molecule has 0 radical (unpaired) electrons. The molecule has 0 aliphatic carbocycles. The summed E-state index contributed by atoms with van der Waals surface area (Å²) >= 11 is 0. The van der Waals surface area contributed by atoms with Crippen molar-refractivity contribution in [3.05, 3.63) is 48.2 Å². The highest BCUT2D eigenvalue weighted by Crippen LogP contribution is 2.18. The largest absolute Gasteiger partial charge is 0.495 e. The monoisotopic (exact) mass is 400 g/mol. The predicted molar refractivity (Wildman–Crippen MR) is 107 cm³/mol. The van der Waals surface area contributed by atoms with E-state index in [4.69, 9.17) is 4.74 Å². The number of carbonyl (C=O) groups excluding carboxylic acids is 3. The number of pyridine rings is 1. The number of hydrogen-bond donors (Lipinski definition) is 3. The SMILES string of the molecule is COC(=O)[C@@H](C)CNC(=O)CNC(=O)c1cccc(Nc2ccc(OC)cn2)c1. The van der Waals surface area contributed by atoms with Gasteiger partial charge in [0.1, 0.15) is 11.6 Å². The summed E-state index contributed by atoms with van der Waals surface area (Å²) in [6.45, 7) is 1.57. The van der Waals surface area contributed by atoms with Crippen molar-refractivity contribution < 1.29 is 23.9 Å². The molecule has 0 aliphatic rings. The van der Waals surface area contributed by atoms with Crippen molar-refractivity contribution in [2.45, 2.75) is 6.92 Å². The first-order valence-electron chi connectivity index (χ1n) is 8.92. The van der Waals surface area contributed by atoms with Crippen LogP contribution in [0.15, 0.2) is 42.6 Å². The van der Waals surface area contributed by atoms with E-state index in [-0.39, 0.29) is 13.1 Å². The molecule has 9 heteroatoms. The summed E-state index contributed by atoms with van der Waals surface area (Å²) in [5.41, 5.74) is 1.06. The predicted octanol–water partition coefficient (Wildman–Crippen LogP) is 1.49. The minimum absolute atomic E-state index is 0.135. The molecule has 2 rings (SSSR count). The fraction of sp³-hybridized carbons (Fsp3) is 0.300. The van der Waals surface area contributed by atoms with Crippen LogP contribution in [0.5, 0.6) is 5.75 Å². The summed E-state index contributed by atoms with van der Waals surface area (Å²) < 4.78 is 9.65. The van der Waals surface area contributed by atoms with Gasteiger partial charge in [-0.15, -0.1) is 0 Å². The van der Waals surface area contributed by atoms with Crippen LogP contribution in [-0.2, 0) is 14.3 Å². The lowest BCUT2D eigenvalue weighted by molar-refractivity contribution is -0.144. The number of anilines is 2. The summed E-state index contributed by atoms with van der Waals surface area (Å²) in [4.78, 5) is 39.7. The quantitative estimate of drug-likeness (QED) is 0.546. The number of aromatic nitrogens is 1. The van der Waals surface area contributed by atoms with Gasteiger partial charge in [-0.25, -0.2) is 4.98 Å². The second-order valence-corrected chi connectivity index (χ2v) is 6.20. The molecule has 0 saturated carbocycles. The number of methoxy groups -OCH3 is 2. The van der Waals surface area contributed by atoms with Gasteiger partial charge in [-0.3, -0.25) is 14.4 Å². The fourth-order valence-corrected chi connectivity index (χ4v) is 2.34. The Hall–Kier alpha value is -3.62. The Balaban J connectivity index is 1.86. The Morgan fingerprint density at radius 1 is 1.10 bits per heavy atom. The Bertz CT molecular complexity index is 854. The van der Waals surface area contributed by atoms with Gasteiger partial charge in [0.05, 0.1) is 32.9 Å². The highest BCUT2D eigenvalue weighted by molar-refractivity contribution is 5.97. The lowest BCUT2D eigenvalue weighted by Gasteiger charge is -2.11. The van der Waals surface area contributed by atoms with Crippen LogP contribution in [0.3, 0.4) is 0 Å². The number of ether oxygens (including phenoxy) is 2. The highest BCUT2D eigenvalue weighted by atomic mass is 16.5. The zero-order chi connectivity index (χ0) is 21.2. The average molecular weight is 400 g/mol. The number of rotatable bonds is 9. The molecule has 2 aromatic rings. The Kier molecular flexibility index (Phi) is 7.96. The number of hydrogen-bond acceptors (Lipinski definition) is 7. The standard InChI is InChI=1S/C20H24N4O5/c1-13(20(27)29-3)10-22-18(25)12-23-19(26)14-5-4-6-15(9-14)24-17-8-7-16(28-2)11-21-17/h4-9,11,13H,10,12H2,1-3H3,(H,21,24)(H,22,25)(H,23,26)/t13-/m0/s1. The topological polar surface area (TPSA) is 119 Å². The molecule has 0 aliphatic heterocycles. The number of benzene rings is 1. The van der Waals surface area contributed by atoms with Crippen molar-refractivity contribution in [3.63, 3.8) is 0 Å². The van der Waals surface area contributed by atoms with Crippen LogP contribution in [0, 0.1) is 5.92 Å². The van der Waals surface area contributed by atoms with E-state index in [0.717, 1.165) is 0 Å². The van der Waals surface area contributed by atoms with E-state index in [1.165, 1.54) is 7.11 Å². The maximum absolute atomic E-state index is 12.3. The third kappa shape index (κ3) is 6.80. The summed E-state index contributed by atoms with van der Waals surface area (Å²) in [5.74, 6) is -0.428. The van der Waals surface area contributed by atoms with Gasteiger partial charge >= 0.3 is 5.97 Å². The first-order chi connectivity index (χ1) is 13.9. The summed E-state index contributed by atoms with van der Waals surface area (Å²) in [5, 5.41) is 8.21. The molecule has 0 bridgehead atoms. The molecule has 1 aromatic heterocycles. The molecule has 0 saturated heterocycles. The fourth-order valence-electron chi connectivity index (χ4n) is 2.34. The first kappa shape index (κ1) is 21.7. The van der Waals surface area contributed by atoms with Crippen LogP contribution in [-0.4, -0.2) is 50.1 Å². The van der Waals surface area contributed by atoms with Crippen molar-refractivity contribution in [2.75, 3.05) is 32.6 Å². The van der Waals surface area contributed by atoms with E-state index in [1.54, 1.807) is 56.6 Å². The maximum Gasteiger partial charge on any atom is 0.310 e. The third-order valence-corrected chi connectivity index (χ3v) is 3.99. The van der Waals surface area contributed by atoms with Crippen LogP contribution >= 0.6 is 0 Å². The molecule has 0 fully saturated rings. The van der Waals surface area contributed by atoms with Crippen molar-refractivity contribution >= 4 is 29.3 Å². The number of carbonyl (C=O) groups is 3. The lowest BCUT2D eigenvalue weighted by atomic mass is 10.2. The van der Waals surface area contributed by atoms with Gasteiger partial charge in [0, 0.05) is 17.8 Å². The molecular weight excluding hydrogens is 376 g/mol. The summed E-state index contributed by atoms with van der Waals surface area (Å²) in [6, 6.07) is 10.3. The molecule has 0 unspecified atom stereocenters. The van der Waals surface area contributed by atoms with Crippen LogP contribution in [0.2, 0.25) is 0 Å². The van der Waals surface area contributed by atoms with Gasteiger partial charge in [0.2, 0.25) is 5.91 Å². The molecule has 154 valence electrons. The van der Waals surface area contributed by atoms with Crippen LogP contribution in [0.1, 0.15) is 17.3 Å². The Morgan fingerprint density at radius 2 is 1.90 bits per heavy atom. The van der Waals surface area contributed by atoms with Crippen LogP contribution < -0.4 is 20.7 Å². The van der Waals surface area contributed by atoms with Crippen molar-refractivity contribution in [1.29, 1.82) is 0 Å². The van der Waals surface area contributed by atoms with E-state index >= 15 is 0 Å². The van der Waals surface area contributed by atoms with Crippen molar-refractivity contribution in [1.82, 2.24) is 15.6 Å². The lowest BCUT2D eigenvalue weighted by Crippen LogP contribution is -2.39. The van der Waals surface area contributed by atoms with E-state index < -0.39 is 23.7 Å². The molecule has 1 atom stereocenters. The molecule has 0 spiro atoms. The van der Waals surface area contributed by atoms with E-state index in [9.17, 15) is 14.4 Å². The first-order valence-corrected chi connectivity index (χ1v) is 8.92. The average Bonchev–Trinajstić information content (AvgIpc) is 2.75. The Morgan fingerprint density at radius 3 is 2.55 bits per heavy atom. The van der Waals surface area contributed by atoms with Crippen LogP contribution in [0.25, 0.3) is 0 Å². The van der Waals surface area contributed by atoms with Crippen LogP contribution in [0.4, 0.5) is 11.5 Å². The molecule has 9 nitrogen and oxygen atoms in total. The number of esters is 1. The van der Waals surface area contributed by atoms with Gasteiger partial charge in [0.15, 0.2) is 0 Å². The van der Waals surface area contributed by atoms with Gasteiger partial charge in [-0.05, 0) is 30.3 Å². The maximum atomic E-state index is 12.3. The minimum Gasteiger partial charge on any atom is -0.495 e. The molecule has 29 heavy (non-hydrogen) atoms. The number of nitrogens with one attached hydrogen (secondary N) is 3. The molecule has 1 heterocycles. The summed E-state index contributed by atoms with van der Waals surface area (Å²) in [7, 11) is 2.85. The van der Waals surface area contributed by atoms with Crippen molar-refractivity contribution in [2.24, 2.45) is 5.92 Å². The normalized spacial score (nSPS) is 11.1. The third-order valence-electron chi connectivity index (χ3n) is 3.99. The second-order valence-electron chi connectivity index (χ2n) is 6.20. The van der Waals surface area contributed by atoms with Crippen molar-refractivity contribution in [3.8, 4) is 5.75 Å². The van der Waals surface area contributed by atoms with E-state index in [1.807, 2.05) is 0 Å².